The van der Waals surface area contributed by atoms with E-state index < -0.39 is 0 Å². The standard InChI is InChI=1S/C22H26N4O2/c1-15-7-12-23-18(13-15)20(28)26-22-9-4-8-21(14-22,10-11-22)25-19(27)17-6-3-5-16(2)24-17/h3,5-7,12-13H,4,8-11,14H2,1-2H3,(H,25,27)(H,26,28)/t21-,22+/m1/s1. The van der Waals surface area contributed by atoms with Crippen LogP contribution >= 0.6 is 0 Å². The van der Waals surface area contributed by atoms with Gasteiger partial charge >= 0.3 is 0 Å². The van der Waals surface area contributed by atoms with Crippen LogP contribution in [0.15, 0.2) is 36.5 Å². The van der Waals surface area contributed by atoms with Crippen LogP contribution in [0.5, 0.6) is 0 Å². The number of nitrogens with zero attached hydrogens (tertiary/aromatic N) is 2. The SMILES string of the molecule is Cc1ccnc(C(=O)N[C@@]23CCC[C@@](NC(=O)c4cccc(C)n4)(CC2)C3)c1. The summed E-state index contributed by atoms with van der Waals surface area (Å²) in [5.74, 6) is -0.263. The van der Waals surface area contributed by atoms with E-state index in [1.54, 1.807) is 12.3 Å². The van der Waals surface area contributed by atoms with Crippen molar-refractivity contribution in [1.82, 2.24) is 20.6 Å². The molecule has 0 aromatic carbocycles. The molecule has 2 aliphatic rings. The van der Waals surface area contributed by atoms with E-state index in [9.17, 15) is 9.59 Å². The van der Waals surface area contributed by atoms with Gasteiger partial charge in [0.05, 0.1) is 0 Å². The summed E-state index contributed by atoms with van der Waals surface area (Å²) < 4.78 is 0. The van der Waals surface area contributed by atoms with Crippen LogP contribution in [0.1, 0.15) is 70.8 Å². The molecule has 2 bridgehead atoms. The number of aryl methyl sites for hydroxylation is 2. The number of nitrogens with one attached hydrogen (secondary N) is 2. The van der Waals surface area contributed by atoms with E-state index >= 15 is 0 Å². The smallest absolute Gasteiger partial charge is 0.270 e. The highest BCUT2D eigenvalue weighted by molar-refractivity contribution is 5.94. The monoisotopic (exact) mass is 378 g/mol. The van der Waals surface area contributed by atoms with E-state index in [0.29, 0.717) is 11.4 Å². The van der Waals surface area contributed by atoms with Crippen molar-refractivity contribution in [3.05, 3.63) is 59.2 Å². The third kappa shape index (κ3) is 3.63. The van der Waals surface area contributed by atoms with E-state index in [1.807, 2.05) is 38.1 Å². The van der Waals surface area contributed by atoms with Gasteiger partial charge in [-0.2, -0.15) is 0 Å². The maximum atomic E-state index is 12.8. The van der Waals surface area contributed by atoms with E-state index in [4.69, 9.17) is 0 Å². The molecule has 0 saturated heterocycles. The van der Waals surface area contributed by atoms with E-state index in [2.05, 4.69) is 20.6 Å². The molecule has 2 atom stereocenters. The fourth-order valence-electron chi connectivity index (χ4n) is 4.77. The second kappa shape index (κ2) is 7.00. The van der Waals surface area contributed by atoms with Gasteiger partial charge in [0, 0.05) is 23.0 Å². The quantitative estimate of drug-likeness (QED) is 0.856. The topological polar surface area (TPSA) is 84.0 Å². The highest BCUT2D eigenvalue weighted by Crippen LogP contribution is 2.48. The minimum Gasteiger partial charge on any atom is -0.345 e. The average Bonchev–Trinajstić information content (AvgIpc) is 2.91. The summed E-state index contributed by atoms with van der Waals surface area (Å²) in [6, 6.07) is 9.16. The van der Waals surface area contributed by atoms with E-state index in [-0.39, 0.29) is 22.9 Å². The van der Waals surface area contributed by atoms with Gasteiger partial charge in [-0.25, -0.2) is 4.98 Å². The third-order valence-electron chi connectivity index (χ3n) is 6.10. The van der Waals surface area contributed by atoms with Gasteiger partial charge < -0.3 is 10.6 Å². The van der Waals surface area contributed by atoms with Crippen LogP contribution in [0.2, 0.25) is 0 Å². The van der Waals surface area contributed by atoms with Gasteiger partial charge in [-0.1, -0.05) is 6.07 Å². The molecule has 4 rings (SSSR count). The van der Waals surface area contributed by atoms with Gasteiger partial charge in [-0.15, -0.1) is 0 Å². The molecule has 2 aromatic heterocycles. The summed E-state index contributed by atoms with van der Waals surface area (Å²) in [5, 5.41) is 6.49. The molecule has 0 unspecified atom stereocenters. The van der Waals surface area contributed by atoms with Gasteiger partial charge in [0.1, 0.15) is 11.4 Å². The number of hydrogen-bond acceptors (Lipinski definition) is 4. The van der Waals surface area contributed by atoms with E-state index in [1.165, 1.54) is 0 Å². The van der Waals surface area contributed by atoms with Crippen LogP contribution in [-0.4, -0.2) is 32.9 Å². The molecular weight excluding hydrogens is 352 g/mol. The maximum Gasteiger partial charge on any atom is 0.270 e. The molecule has 2 aliphatic carbocycles. The van der Waals surface area contributed by atoms with Gasteiger partial charge in [-0.3, -0.25) is 14.6 Å². The summed E-state index contributed by atoms with van der Waals surface area (Å²) in [7, 11) is 0. The molecule has 2 heterocycles. The summed E-state index contributed by atoms with van der Waals surface area (Å²) in [5.41, 5.74) is 2.20. The lowest BCUT2D eigenvalue weighted by molar-refractivity contribution is 0.0827. The van der Waals surface area contributed by atoms with Crippen LogP contribution < -0.4 is 10.6 Å². The van der Waals surface area contributed by atoms with Crippen LogP contribution in [0.3, 0.4) is 0 Å². The number of pyridine rings is 2. The van der Waals surface area contributed by atoms with Crippen molar-refractivity contribution >= 4 is 11.8 Å². The molecule has 2 saturated carbocycles. The Labute approximate surface area is 165 Å². The lowest BCUT2D eigenvalue weighted by Gasteiger charge is -2.40. The third-order valence-corrected chi connectivity index (χ3v) is 6.10. The first kappa shape index (κ1) is 18.6. The molecule has 2 N–H and O–H groups in total. The lowest BCUT2D eigenvalue weighted by atomic mass is 9.78. The molecule has 6 heteroatoms. The molecular formula is C22H26N4O2. The molecule has 2 fully saturated rings. The molecule has 6 nitrogen and oxygen atoms in total. The number of aromatic nitrogens is 2. The Morgan fingerprint density at radius 2 is 1.61 bits per heavy atom. The van der Waals surface area contributed by atoms with Crippen LogP contribution in [0.25, 0.3) is 0 Å². The lowest BCUT2D eigenvalue weighted by Crippen LogP contribution is -2.55. The molecule has 146 valence electrons. The summed E-state index contributed by atoms with van der Waals surface area (Å²) in [4.78, 5) is 34.1. The molecule has 0 spiro atoms. The second-order valence-electron chi connectivity index (χ2n) is 8.38. The zero-order valence-corrected chi connectivity index (χ0v) is 16.4. The zero-order chi connectivity index (χ0) is 19.8. The Morgan fingerprint density at radius 3 is 2.25 bits per heavy atom. The molecule has 0 aliphatic heterocycles. The number of rotatable bonds is 4. The van der Waals surface area contributed by atoms with Crippen molar-refractivity contribution in [2.24, 2.45) is 0 Å². The van der Waals surface area contributed by atoms with Crippen LogP contribution in [0.4, 0.5) is 0 Å². The fraction of sp³-hybridized carbons (Fsp3) is 0.455. The highest BCUT2D eigenvalue weighted by Gasteiger charge is 2.52. The molecule has 28 heavy (non-hydrogen) atoms. The number of carbonyl (C=O) groups excluding carboxylic acids is 2. The number of amides is 2. The second-order valence-corrected chi connectivity index (χ2v) is 8.38. The predicted molar refractivity (Wildman–Crippen MR) is 106 cm³/mol. The fourth-order valence-corrected chi connectivity index (χ4v) is 4.77. The van der Waals surface area contributed by atoms with Crippen molar-refractivity contribution < 1.29 is 9.59 Å². The highest BCUT2D eigenvalue weighted by atomic mass is 16.2. The summed E-state index contributed by atoms with van der Waals surface area (Å²) in [6.07, 6.45) is 7.00. The van der Waals surface area contributed by atoms with Crippen molar-refractivity contribution in [2.75, 3.05) is 0 Å². The normalized spacial score (nSPS) is 25.9. The number of fused-ring (bicyclic) bond motifs is 2. The molecule has 2 aromatic rings. The van der Waals surface area contributed by atoms with Gasteiger partial charge in [0.15, 0.2) is 0 Å². The Morgan fingerprint density at radius 1 is 0.929 bits per heavy atom. The van der Waals surface area contributed by atoms with Gasteiger partial charge in [-0.05, 0) is 82.2 Å². The summed E-state index contributed by atoms with van der Waals surface area (Å²) >= 11 is 0. The minimum absolute atomic E-state index is 0.131. The molecule has 2 amide bonds. The summed E-state index contributed by atoms with van der Waals surface area (Å²) in [6.45, 7) is 3.83. The van der Waals surface area contributed by atoms with Crippen molar-refractivity contribution in [3.8, 4) is 0 Å². The largest absolute Gasteiger partial charge is 0.345 e. The number of carbonyl (C=O) groups is 2. The first-order valence-corrected chi connectivity index (χ1v) is 9.90. The van der Waals surface area contributed by atoms with Crippen molar-refractivity contribution in [1.29, 1.82) is 0 Å². The Hall–Kier alpha value is -2.76. The number of hydrogen-bond donors (Lipinski definition) is 2. The van der Waals surface area contributed by atoms with Crippen molar-refractivity contribution in [2.45, 2.75) is 63.5 Å². The first-order valence-electron chi connectivity index (χ1n) is 9.90. The zero-order valence-electron chi connectivity index (χ0n) is 16.4. The van der Waals surface area contributed by atoms with Crippen LogP contribution in [0, 0.1) is 13.8 Å². The van der Waals surface area contributed by atoms with E-state index in [0.717, 1.165) is 49.8 Å². The Kier molecular flexibility index (Phi) is 4.65. The van der Waals surface area contributed by atoms with Gasteiger partial charge in [0.25, 0.3) is 11.8 Å². The first-order chi connectivity index (χ1) is 13.4. The maximum absolute atomic E-state index is 12.8. The Balaban J connectivity index is 1.48. The predicted octanol–water partition coefficient (Wildman–Crippen LogP) is 3.10. The van der Waals surface area contributed by atoms with Gasteiger partial charge in [0.2, 0.25) is 0 Å². The molecule has 0 radical (unpaired) electrons. The minimum atomic E-state index is -0.270. The Bertz CT molecular complexity index is 855. The van der Waals surface area contributed by atoms with Crippen LogP contribution in [-0.2, 0) is 0 Å². The average molecular weight is 378 g/mol. The van der Waals surface area contributed by atoms with Crippen molar-refractivity contribution in [3.63, 3.8) is 0 Å².